The van der Waals surface area contributed by atoms with Gasteiger partial charge in [-0.1, -0.05) is 0 Å². The molecular weight excluding hydrogens is 206 g/mol. The molecule has 2 aromatic heterocycles. The summed E-state index contributed by atoms with van der Waals surface area (Å²) < 4.78 is 7.08. The van der Waals surface area contributed by atoms with Gasteiger partial charge in [-0.15, -0.1) is 5.10 Å². The number of rotatable bonds is 3. The Morgan fingerprint density at radius 1 is 1.38 bits per heavy atom. The molecule has 0 aromatic carbocycles. The Labute approximate surface area is 93.1 Å². The van der Waals surface area contributed by atoms with Gasteiger partial charge in [-0.2, -0.15) is 0 Å². The average molecular weight is 219 g/mol. The molecule has 16 heavy (non-hydrogen) atoms. The van der Waals surface area contributed by atoms with Crippen molar-refractivity contribution in [1.29, 1.82) is 0 Å². The van der Waals surface area contributed by atoms with Gasteiger partial charge in [0.15, 0.2) is 0 Å². The molecule has 2 heterocycles. The third-order valence-corrected chi connectivity index (χ3v) is 1.84. The van der Waals surface area contributed by atoms with E-state index in [2.05, 4.69) is 15.1 Å². The fourth-order valence-electron chi connectivity index (χ4n) is 1.27. The van der Waals surface area contributed by atoms with Gasteiger partial charge in [0.2, 0.25) is 5.95 Å². The van der Waals surface area contributed by atoms with Gasteiger partial charge >= 0.3 is 0 Å². The molecule has 0 saturated heterocycles. The van der Waals surface area contributed by atoms with Crippen LogP contribution in [0, 0.1) is 0 Å². The molecule has 0 saturated carbocycles. The predicted molar refractivity (Wildman–Crippen MR) is 59.3 cm³/mol. The van der Waals surface area contributed by atoms with E-state index in [1.165, 1.54) is 6.33 Å². The highest BCUT2D eigenvalue weighted by atomic mass is 16.5. The maximum Gasteiger partial charge on any atom is 0.239 e. The Hall–Kier alpha value is -2.11. The molecule has 2 aromatic rings. The Kier molecular flexibility index (Phi) is 2.72. The van der Waals surface area contributed by atoms with Crippen LogP contribution < -0.4 is 10.5 Å². The predicted octanol–water partition coefficient (Wildman–Crippen LogP) is 1.03. The van der Waals surface area contributed by atoms with Crippen molar-refractivity contribution in [2.75, 3.05) is 5.73 Å². The molecule has 0 bridgehead atoms. The van der Waals surface area contributed by atoms with E-state index in [-0.39, 0.29) is 12.1 Å². The number of nitrogen functional groups attached to an aromatic ring is 1. The first-order valence-corrected chi connectivity index (χ1v) is 4.94. The second kappa shape index (κ2) is 4.18. The Bertz CT molecular complexity index is 480. The first kappa shape index (κ1) is 10.4. The zero-order chi connectivity index (χ0) is 11.5. The number of hydrogen-bond acceptors (Lipinski definition) is 5. The van der Waals surface area contributed by atoms with Crippen molar-refractivity contribution in [3.63, 3.8) is 0 Å². The first-order chi connectivity index (χ1) is 7.65. The minimum absolute atomic E-state index is 0.109. The molecule has 0 spiro atoms. The summed E-state index contributed by atoms with van der Waals surface area (Å²) in [5.74, 6) is 0.928. The largest absolute Gasteiger partial charge is 0.489 e. The summed E-state index contributed by atoms with van der Waals surface area (Å²) in [5, 5.41) is 3.99. The van der Waals surface area contributed by atoms with Crippen molar-refractivity contribution in [1.82, 2.24) is 19.7 Å². The fourth-order valence-corrected chi connectivity index (χ4v) is 1.27. The van der Waals surface area contributed by atoms with Gasteiger partial charge in [0.25, 0.3) is 0 Å². The van der Waals surface area contributed by atoms with Crippen LogP contribution >= 0.6 is 0 Å². The van der Waals surface area contributed by atoms with Crippen LogP contribution in [0.15, 0.2) is 24.8 Å². The lowest BCUT2D eigenvalue weighted by molar-refractivity contribution is 0.241. The molecular formula is C10H13N5O. The third-order valence-electron chi connectivity index (χ3n) is 1.84. The molecule has 6 heteroatoms. The van der Waals surface area contributed by atoms with Crippen LogP contribution in [0.4, 0.5) is 5.95 Å². The number of ether oxygens (including phenoxy) is 1. The van der Waals surface area contributed by atoms with Crippen molar-refractivity contribution >= 4 is 5.95 Å². The number of nitrogens with zero attached hydrogens (tertiary/aromatic N) is 4. The molecule has 84 valence electrons. The van der Waals surface area contributed by atoms with E-state index < -0.39 is 0 Å². The van der Waals surface area contributed by atoms with E-state index >= 15 is 0 Å². The van der Waals surface area contributed by atoms with Crippen LogP contribution in [0.3, 0.4) is 0 Å². The van der Waals surface area contributed by atoms with E-state index in [1.807, 2.05) is 19.9 Å². The second-order valence-electron chi connectivity index (χ2n) is 3.59. The molecule has 0 unspecified atom stereocenters. The van der Waals surface area contributed by atoms with Crippen LogP contribution in [-0.4, -0.2) is 25.9 Å². The Morgan fingerprint density at radius 3 is 2.81 bits per heavy atom. The number of nitrogens with two attached hydrogens (primary N) is 1. The van der Waals surface area contributed by atoms with Crippen molar-refractivity contribution in [2.24, 2.45) is 0 Å². The van der Waals surface area contributed by atoms with Crippen LogP contribution in [0.5, 0.6) is 5.75 Å². The summed E-state index contributed by atoms with van der Waals surface area (Å²) in [5.41, 5.74) is 6.21. The zero-order valence-electron chi connectivity index (χ0n) is 9.16. The molecule has 0 aliphatic rings. The third kappa shape index (κ3) is 2.28. The van der Waals surface area contributed by atoms with E-state index in [4.69, 9.17) is 10.5 Å². The number of aromatic nitrogens is 4. The summed E-state index contributed by atoms with van der Waals surface area (Å²) >= 11 is 0. The Morgan fingerprint density at radius 2 is 2.19 bits per heavy atom. The van der Waals surface area contributed by atoms with Gasteiger partial charge in [0, 0.05) is 6.07 Å². The average Bonchev–Trinajstić information content (AvgIpc) is 2.64. The maximum atomic E-state index is 5.53. The fraction of sp³-hybridized carbons (Fsp3) is 0.300. The zero-order valence-corrected chi connectivity index (χ0v) is 9.16. The summed E-state index contributed by atoms with van der Waals surface area (Å²) in [7, 11) is 0. The second-order valence-corrected chi connectivity index (χ2v) is 3.59. The van der Waals surface area contributed by atoms with Gasteiger partial charge in [-0.3, -0.25) is 4.98 Å². The molecule has 0 amide bonds. The van der Waals surface area contributed by atoms with E-state index in [1.54, 1.807) is 17.1 Å². The molecule has 0 fully saturated rings. The van der Waals surface area contributed by atoms with Gasteiger partial charge in [-0.05, 0) is 13.8 Å². The van der Waals surface area contributed by atoms with Gasteiger partial charge in [0.1, 0.15) is 12.1 Å². The van der Waals surface area contributed by atoms with Crippen LogP contribution in [0.1, 0.15) is 13.8 Å². The first-order valence-electron chi connectivity index (χ1n) is 4.94. The summed E-state index contributed by atoms with van der Waals surface area (Å²) in [4.78, 5) is 7.91. The molecule has 0 aliphatic heterocycles. The summed E-state index contributed by atoms with van der Waals surface area (Å²) in [6.07, 6.45) is 4.97. The van der Waals surface area contributed by atoms with E-state index in [0.717, 1.165) is 5.69 Å². The number of pyridine rings is 1. The SMILES string of the molecule is CC(C)Oc1cncc(-n2cnc(N)n2)c1. The quantitative estimate of drug-likeness (QED) is 0.834. The normalized spacial score (nSPS) is 10.7. The van der Waals surface area contributed by atoms with Crippen LogP contribution in [0.2, 0.25) is 0 Å². The van der Waals surface area contributed by atoms with Gasteiger partial charge in [-0.25, -0.2) is 9.67 Å². The minimum Gasteiger partial charge on any atom is -0.489 e. The highest BCUT2D eigenvalue weighted by Gasteiger charge is 2.03. The smallest absolute Gasteiger partial charge is 0.239 e. The van der Waals surface area contributed by atoms with Crippen molar-refractivity contribution in [2.45, 2.75) is 20.0 Å². The standard InChI is InChI=1S/C10H13N5O/c1-7(2)16-9-3-8(4-12-5-9)15-6-13-10(11)14-15/h3-7H,1-2H3,(H2,11,14). The molecule has 2 N–H and O–H groups in total. The lowest BCUT2D eigenvalue weighted by Crippen LogP contribution is -2.06. The Balaban J connectivity index is 2.28. The topological polar surface area (TPSA) is 78.8 Å². The molecule has 0 radical (unpaired) electrons. The monoisotopic (exact) mass is 219 g/mol. The molecule has 6 nitrogen and oxygen atoms in total. The van der Waals surface area contributed by atoms with E-state index in [0.29, 0.717) is 5.75 Å². The summed E-state index contributed by atoms with van der Waals surface area (Å²) in [6, 6.07) is 1.83. The van der Waals surface area contributed by atoms with E-state index in [9.17, 15) is 0 Å². The summed E-state index contributed by atoms with van der Waals surface area (Å²) in [6.45, 7) is 3.92. The van der Waals surface area contributed by atoms with Gasteiger partial charge < -0.3 is 10.5 Å². The lowest BCUT2D eigenvalue weighted by Gasteiger charge is -2.09. The van der Waals surface area contributed by atoms with Crippen molar-refractivity contribution < 1.29 is 4.74 Å². The van der Waals surface area contributed by atoms with Crippen LogP contribution in [-0.2, 0) is 0 Å². The number of anilines is 1. The minimum atomic E-state index is 0.109. The van der Waals surface area contributed by atoms with Crippen LogP contribution in [0.25, 0.3) is 5.69 Å². The molecule has 2 rings (SSSR count). The highest BCUT2D eigenvalue weighted by molar-refractivity contribution is 5.35. The maximum absolute atomic E-state index is 5.53. The molecule has 0 aliphatic carbocycles. The highest BCUT2D eigenvalue weighted by Crippen LogP contribution is 2.15. The van der Waals surface area contributed by atoms with Crippen molar-refractivity contribution in [3.05, 3.63) is 24.8 Å². The van der Waals surface area contributed by atoms with Gasteiger partial charge in [0.05, 0.1) is 24.2 Å². The molecule has 0 atom stereocenters. The lowest BCUT2D eigenvalue weighted by atomic mass is 10.4. The van der Waals surface area contributed by atoms with Crippen molar-refractivity contribution in [3.8, 4) is 11.4 Å². The number of hydrogen-bond donors (Lipinski definition) is 1.